The summed E-state index contributed by atoms with van der Waals surface area (Å²) >= 11 is 8.99. The molecule has 1 heterocycles. The van der Waals surface area contributed by atoms with Crippen molar-refractivity contribution < 1.29 is 0 Å². The van der Waals surface area contributed by atoms with Gasteiger partial charge in [-0.05, 0) is 41.4 Å². The first-order valence-corrected chi connectivity index (χ1v) is 5.95. The molecular formula is C10H14BrClN2. The number of nitrogens with zero attached hydrogens (tertiary/aromatic N) is 1. The molecule has 4 heteroatoms. The Labute approximate surface area is 98.2 Å². The number of nitrogens with one attached hydrogen (secondary N) is 1. The van der Waals surface area contributed by atoms with Crippen molar-refractivity contribution in [1.29, 1.82) is 0 Å². The van der Waals surface area contributed by atoms with Gasteiger partial charge in [-0.3, -0.25) is 4.98 Å². The Morgan fingerprint density at radius 1 is 1.57 bits per heavy atom. The smallest absolute Gasteiger partial charge is 0.0542 e. The molecule has 2 nitrogen and oxygen atoms in total. The van der Waals surface area contributed by atoms with Crippen LogP contribution in [0.5, 0.6) is 0 Å². The number of aromatic nitrogens is 1. The Balaban J connectivity index is 2.34. The Morgan fingerprint density at radius 2 is 2.36 bits per heavy atom. The molecule has 78 valence electrons. The second kappa shape index (κ2) is 6.38. The lowest BCUT2D eigenvalue weighted by atomic mass is 10.2. The molecule has 0 aliphatic heterocycles. The summed E-state index contributed by atoms with van der Waals surface area (Å²) < 4.78 is 1.01. The minimum absolute atomic E-state index is 0.443. The lowest BCUT2D eigenvalue weighted by Crippen LogP contribution is -2.26. The summed E-state index contributed by atoms with van der Waals surface area (Å²) in [4.78, 5) is 4.27. The Hall–Kier alpha value is -0.120. The quantitative estimate of drug-likeness (QED) is 0.837. The van der Waals surface area contributed by atoms with Gasteiger partial charge in [-0.15, -0.1) is 11.6 Å². The summed E-state index contributed by atoms with van der Waals surface area (Å²) in [5.41, 5.74) is 1.05. The average molecular weight is 278 g/mol. The molecule has 0 fully saturated rings. The zero-order valence-corrected chi connectivity index (χ0v) is 10.5. The van der Waals surface area contributed by atoms with E-state index in [1.54, 1.807) is 0 Å². The number of pyridine rings is 1. The highest BCUT2D eigenvalue weighted by atomic mass is 79.9. The molecule has 1 aromatic rings. The van der Waals surface area contributed by atoms with Gasteiger partial charge in [0.15, 0.2) is 0 Å². The molecule has 0 saturated heterocycles. The van der Waals surface area contributed by atoms with Crippen molar-refractivity contribution in [3.63, 3.8) is 0 Å². The maximum atomic E-state index is 5.64. The first-order chi connectivity index (χ1) is 6.72. The van der Waals surface area contributed by atoms with Gasteiger partial charge in [0.05, 0.1) is 5.69 Å². The van der Waals surface area contributed by atoms with Crippen LogP contribution in [0.3, 0.4) is 0 Å². The normalized spacial score (nSPS) is 12.8. The third kappa shape index (κ3) is 4.40. The van der Waals surface area contributed by atoms with Gasteiger partial charge < -0.3 is 5.32 Å². The largest absolute Gasteiger partial charge is 0.309 e. The summed E-state index contributed by atoms with van der Waals surface area (Å²) in [7, 11) is 0. The Kier molecular flexibility index (Phi) is 5.45. The van der Waals surface area contributed by atoms with Crippen LogP contribution in [-0.2, 0) is 6.54 Å². The highest BCUT2D eigenvalue weighted by Gasteiger charge is 2.00. The number of hydrogen-bond donors (Lipinski definition) is 1. The van der Waals surface area contributed by atoms with Gasteiger partial charge in [0, 0.05) is 29.1 Å². The molecule has 0 radical (unpaired) electrons. The second-order valence-electron chi connectivity index (χ2n) is 3.23. The molecule has 0 aromatic carbocycles. The highest BCUT2D eigenvalue weighted by Crippen LogP contribution is 2.07. The fourth-order valence-corrected chi connectivity index (χ4v) is 1.62. The number of halogens is 2. The van der Waals surface area contributed by atoms with E-state index in [-0.39, 0.29) is 0 Å². The van der Waals surface area contributed by atoms with Crippen molar-refractivity contribution in [2.24, 2.45) is 0 Å². The summed E-state index contributed by atoms with van der Waals surface area (Å²) in [6.07, 6.45) is 2.79. The molecule has 1 N–H and O–H groups in total. The van der Waals surface area contributed by atoms with Crippen molar-refractivity contribution >= 4 is 27.5 Å². The van der Waals surface area contributed by atoms with Crippen molar-refractivity contribution in [1.82, 2.24) is 10.3 Å². The third-order valence-electron chi connectivity index (χ3n) is 1.96. The van der Waals surface area contributed by atoms with Gasteiger partial charge in [0.1, 0.15) is 0 Å². The lowest BCUT2D eigenvalue weighted by Gasteiger charge is -2.11. The molecule has 1 unspecified atom stereocenters. The first kappa shape index (κ1) is 12.0. The van der Waals surface area contributed by atoms with E-state index in [1.165, 1.54) is 0 Å². The zero-order valence-electron chi connectivity index (χ0n) is 8.13. The average Bonchev–Trinajstić information content (AvgIpc) is 2.17. The summed E-state index contributed by atoms with van der Waals surface area (Å²) in [6.45, 7) is 2.92. The molecule has 0 aliphatic carbocycles. The molecule has 0 spiro atoms. The van der Waals surface area contributed by atoms with E-state index in [2.05, 4.69) is 33.2 Å². The van der Waals surface area contributed by atoms with Crippen LogP contribution in [0.1, 0.15) is 19.0 Å². The predicted octanol–water partition coefficient (Wildman–Crippen LogP) is 2.95. The Bertz CT molecular complexity index is 263. The van der Waals surface area contributed by atoms with E-state index < -0.39 is 0 Å². The minimum Gasteiger partial charge on any atom is -0.309 e. The van der Waals surface area contributed by atoms with Crippen LogP contribution in [0.4, 0.5) is 0 Å². The van der Waals surface area contributed by atoms with Crippen molar-refractivity contribution in [3.8, 4) is 0 Å². The third-order valence-corrected chi connectivity index (χ3v) is 2.65. The lowest BCUT2D eigenvalue weighted by molar-refractivity contribution is 0.531. The van der Waals surface area contributed by atoms with Crippen molar-refractivity contribution in [2.75, 3.05) is 5.88 Å². The topological polar surface area (TPSA) is 24.9 Å². The molecule has 0 aliphatic rings. The van der Waals surface area contributed by atoms with Crippen LogP contribution in [0.15, 0.2) is 22.8 Å². The maximum Gasteiger partial charge on any atom is 0.0542 e. The van der Waals surface area contributed by atoms with Crippen LogP contribution in [0, 0.1) is 0 Å². The van der Waals surface area contributed by atoms with Gasteiger partial charge in [-0.25, -0.2) is 0 Å². The van der Waals surface area contributed by atoms with Crippen LogP contribution in [0.25, 0.3) is 0 Å². The van der Waals surface area contributed by atoms with E-state index >= 15 is 0 Å². The fraction of sp³-hybridized carbons (Fsp3) is 0.500. The van der Waals surface area contributed by atoms with E-state index in [0.29, 0.717) is 11.9 Å². The van der Waals surface area contributed by atoms with Crippen LogP contribution in [-0.4, -0.2) is 16.9 Å². The molecule has 0 amide bonds. The molecule has 1 aromatic heterocycles. The maximum absolute atomic E-state index is 5.64. The monoisotopic (exact) mass is 276 g/mol. The summed E-state index contributed by atoms with van der Waals surface area (Å²) in [5, 5.41) is 3.36. The van der Waals surface area contributed by atoms with Gasteiger partial charge >= 0.3 is 0 Å². The van der Waals surface area contributed by atoms with Crippen molar-refractivity contribution in [2.45, 2.75) is 25.9 Å². The standard InChI is InChI=1S/C10H14BrClN2/c1-8(4-5-12)13-7-10-3-2-9(11)6-14-10/h2-3,6,8,13H,4-5,7H2,1H3. The molecule has 14 heavy (non-hydrogen) atoms. The predicted molar refractivity (Wildman–Crippen MR) is 63.6 cm³/mol. The van der Waals surface area contributed by atoms with Crippen LogP contribution >= 0.6 is 27.5 Å². The van der Waals surface area contributed by atoms with Crippen molar-refractivity contribution in [3.05, 3.63) is 28.5 Å². The van der Waals surface area contributed by atoms with Crippen LogP contribution < -0.4 is 5.32 Å². The Morgan fingerprint density at radius 3 is 2.93 bits per heavy atom. The SMILES string of the molecule is CC(CCCl)NCc1ccc(Br)cn1. The van der Waals surface area contributed by atoms with Gasteiger partial charge in [-0.1, -0.05) is 0 Å². The molecule has 1 rings (SSSR count). The number of rotatable bonds is 5. The minimum atomic E-state index is 0.443. The summed E-state index contributed by atoms with van der Waals surface area (Å²) in [5.74, 6) is 0.696. The first-order valence-electron chi connectivity index (χ1n) is 4.62. The van der Waals surface area contributed by atoms with Crippen LogP contribution in [0.2, 0.25) is 0 Å². The van der Waals surface area contributed by atoms with E-state index in [4.69, 9.17) is 11.6 Å². The fourth-order valence-electron chi connectivity index (χ4n) is 1.06. The highest BCUT2D eigenvalue weighted by molar-refractivity contribution is 9.10. The van der Waals surface area contributed by atoms with Gasteiger partial charge in [0.2, 0.25) is 0 Å². The van der Waals surface area contributed by atoms with E-state index in [0.717, 1.165) is 23.1 Å². The van der Waals surface area contributed by atoms with Gasteiger partial charge in [0.25, 0.3) is 0 Å². The second-order valence-corrected chi connectivity index (χ2v) is 4.52. The molecule has 1 atom stereocenters. The summed E-state index contributed by atoms with van der Waals surface area (Å²) in [6, 6.07) is 4.44. The number of alkyl halides is 1. The zero-order chi connectivity index (χ0) is 10.4. The van der Waals surface area contributed by atoms with Gasteiger partial charge in [-0.2, -0.15) is 0 Å². The molecule has 0 bridgehead atoms. The molecule has 0 saturated carbocycles. The number of hydrogen-bond acceptors (Lipinski definition) is 2. The molecular weight excluding hydrogens is 263 g/mol. The van der Waals surface area contributed by atoms with E-state index in [9.17, 15) is 0 Å². The van der Waals surface area contributed by atoms with E-state index in [1.807, 2.05) is 18.3 Å².